The van der Waals surface area contributed by atoms with Gasteiger partial charge in [-0.3, -0.25) is 0 Å². The normalized spacial score (nSPS) is 12.5. The fourth-order valence-electron chi connectivity index (χ4n) is 2.44. The third-order valence-electron chi connectivity index (χ3n) is 3.76. The van der Waals surface area contributed by atoms with E-state index in [1.54, 1.807) is 18.3 Å². The molecule has 3 aromatic rings. The van der Waals surface area contributed by atoms with Crippen molar-refractivity contribution in [2.75, 3.05) is 10.6 Å². The van der Waals surface area contributed by atoms with Crippen molar-refractivity contribution in [1.82, 2.24) is 9.97 Å². The molecule has 0 amide bonds. The van der Waals surface area contributed by atoms with Crippen LogP contribution in [0, 0.1) is 0 Å². The van der Waals surface area contributed by atoms with Crippen LogP contribution in [0.1, 0.15) is 24.1 Å². The van der Waals surface area contributed by atoms with Gasteiger partial charge >= 0.3 is 6.18 Å². The number of benzene rings is 2. The molecule has 0 spiro atoms. The summed E-state index contributed by atoms with van der Waals surface area (Å²) in [7, 11) is 0. The third-order valence-corrected chi connectivity index (χ3v) is 3.76. The molecule has 0 saturated heterocycles. The zero-order chi connectivity index (χ0) is 18.6. The van der Waals surface area contributed by atoms with Gasteiger partial charge < -0.3 is 10.6 Å². The molecule has 2 N–H and O–H groups in total. The maximum Gasteiger partial charge on any atom is 0.416 e. The van der Waals surface area contributed by atoms with Crippen LogP contribution in [0.25, 0.3) is 0 Å². The molecule has 7 heteroatoms. The molecule has 0 saturated carbocycles. The van der Waals surface area contributed by atoms with Gasteiger partial charge in [-0.05, 0) is 36.8 Å². The van der Waals surface area contributed by atoms with Crippen LogP contribution in [-0.2, 0) is 6.18 Å². The molecule has 0 fully saturated rings. The number of anilines is 3. The summed E-state index contributed by atoms with van der Waals surface area (Å²) in [6.45, 7) is 1.98. The van der Waals surface area contributed by atoms with Crippen LogP contribution in [0.3, 0.4) is 0 Å². The summed E-state index contributed by atoms with van der Waals surface area (Å²) in [6, 6.07) is 16.4. The van der Waals surface area contributed by atoms with E-state index >= 15 is 0 Å². The van der Waals surface area contributed by atoms with Crippen molar-refractivity contribution in [1.29, 1.82) is 0 Å². The molecule has 4 nitrogen and oxygen atoms in total. The van der Waals surface area contributed by atoms with Crippen molar-refractivity contribution in [3.8, 4) is 0 Å². The lowest BCUT2D eigenvalue weighted by molar-refractivity contribution is -0.137. The first kappa shape index (κ1) is 17.7. The Kier molecular flexibility index (Phi) is 5.06. The van der Waals surface area contributed by atoms with Crippen LogP contribution >= 0.6 is 0 Å². The van der Waals surface area contributed by atoms with Gasteiger partial charge in [0.05, 0.1) is 11.6 Å². The van der Waals surface area contributed by atoms with Crippen LogP contribution in [0.2, 0.25) is 0 Å². The van der Waals surface area contributed by atoms with E-state index in [9.17, 15) is 13.2 Å². The van der Waals surface area contributed by atoms with Crippen molar-refractivity contribution in [2.45, 2.75) is 19.1 Å². The van der Waals surface area contributed by atoms with Crippen molar-refractivity contribution >= 4 is 17.5 Å². The average Bonchev–Trinajstić information content (AvgIpc) is 2.62. The molecule has 0 aliphatic rings. The summed E-state index contributed by atoms with van der Waals surface area (Å²) in [5, 5.41) is 6.06. The summed E-state index contributed by atoms with van der Waals surface area (Å²) in [5.74, 6) is 0.792. The number of nitrogens with zero attached hydrogens (tertiary/aromatic N) is 2. The smallest absolute Gasteiger partial charge is 0.348 e. The van der Waals surface area contributed by atoms with Crippen LogP contribution in [0.5, 0.6) is 0 Å². The third kappa shape index (κ3) is 4.50. The summed E-state index contributed by atoms with van der Waals surface area (Å²) in [5.41, 5.74) is 0.667. The van der Waals surface area contributed by atoms with Crippen molar-refractivity contribution in [2.24, 2.45) is 0 Å². The van der Waals surface area contributed by atoms with Gasteiger partial charge in [-0.2, -0.15) is 18.2 Å². The monoisotopic (exact) mass is 358 g/mol. The molecule has 3 rings (SSSR count). The Morgan fingerprint density at radius 1 is 0.962 bits per heavy atom. The highest BCUT2D eigenvalue weighted by Crippen LogP contribution is 2.31. The second kappa shape index (κ2) is 7.43. The molecule has 1 atom stereocenters. The van der Waals surface area contributed by atoms with Crippen molar-refractivity contribution < 1.29 is 13.2 Å². The van der Waals surface area contributed by atoms with E-state index in [1.165, 1.54) is 6.07 Å². The lowest BCUT2D eigenvalue weighted by Gasteiger charge is -2.15. The fraction of sp³-hybridized carbons (Fsp3) is 0.158. The number of halogens is 3. The van der Waals surface area contributed by atoms with Gasteiger partial charge in [-0.1, -0.05) is 36.4 Å². The van der Waals surface area contributed by atoms with E-state index in [4.69, 9.17) is 0 Å². The van der Waals surface area contributed by atoms with Gasteiger partial charge in [0.15, 0.2) is 0 Å². The minimum atomic E-state index is -4.39. The molecule has 1 heterocycles. The van der Waals surface area contributed by atoms with E-state index in [0.717, 1.165) is 17.7 Å². The Balaban J connectivity index is 1.74. The Morgan fingerprint density at radius 3 is 2.46 bits per heavy atom. The zero-order valence-corrected chi connectivity index (χ0v) is 14.0. The number of alkyl halides is 3. The zero-order valence-electron chi connectivity index (χ0n) is 14.0. The van der Waals surface area contributed by atoms with E-state index in [2.05, 4.69) is 20.6 Å². The highest BCUT2D eigenvalue weighted by atomic mass is 19.4. The van der Waals surface area contributed by atoms with Crippen LogP contribution in [0.4, 0.5) is 30.6 Å². The highest BCUT2D eigenvalue weighted by molar-refractivity contribution is 5.58. The molecule has 0 aliphatic carbocycles. The SMILES string of the molecule is CC(Nc1nccc(Nc2cccc(C(F)(F)F)c2)n1)c1ccccc1. The Hall–Kier alpha value is -3.09. The lowest BCUT2D eigenvalue weighted by Crippen LogP contribution is -2.10. The van der Waals surface area contributed by atoms with Gasteiger partial charge in [0.25, 0.3) is 0 Å². The maximum atomic E-state index is 12.8. The van der Waals surface area contributed by atoms with Crippen LogP contribution < -0.4 is 10.6 Å². The first-order chi connectivity index (χ1) is 12.4. The van der Waals surface area contributed by atoms with Crippen LogP contribution in [0.15, 0.2) is 66.9 Å². The molecule has 0 radical (unpaired) electrons. The summed E-state index contributed by atoms with van der Waals surface area (Å²) in [4.78, 5) is 8.47. The van der Waals surface area contributed by atoms with Crippen LogP contribution in [-0.4, -0.2) is 9.97 Å². The number of hydrogen-bond acceptors (Lipinski definition) is 4. The highest BCUT2D eigenvalue weighted by Gasteiger charge is 2.30. The summed E-state index contributed by atoms with van der Waals surface area (Å²) >= 11 is 0. The Bertz CT molecular complexity index is 866. The average molecular weight is 358 g/mol. The quantitative estimate of drug-likeness (QED) is 0.640. The minimum Gasteiger partial charge on any atom is -0.348 e. The number of aromatic nitrogens is 2. The molecule has 2 aromatic carbocycles. The number of hydrogen-bond donors (Lipinski definition) is 2. The number of rotatable bonds is 5. The summed E-state index contributed by atoms with van der Waals surface area (Å²) in [6.07, 6.45) is -2.84. The van der Waals surface area contributed by atoms with Crippen molar-refractivity contribution in [3.63, 3.8) is 0 Å². The molecular formula is C19H17F3N4. The fourth-order valence-corrected chi connectivity index (χ4v) is 2.44. The molecule has 26 heavy (non-hydrogen) atoms. The Labute approximate surface area is 149 Å². The van der Waals surface area contributed by atoms with Gasteiger partial charge in [-0.25, -0.2) is 4.98 Å². The second-order valence-electron chi connectivity index (χ2n) is 5.75. The second-order valence-corrected chi connectivity index (χ2v) is 5.75. The molecule has 1 unspecified atom stereocenters. The first-order valence-electron chi connectivity index (χ1n) is 8.00. The van der Waals surface area contributed by atoms with E-state index in [-0.39, 0.29) is 6.04 Å². The summed E-state index contributed by atoms with van der Waals surface area (Å²) < 4.78 is 38.4. The van der Waals surface area contributed by atoms with Crippen molar-refractivity contribution in [3.05, 3.63) is 78.0 Å². The molecule has 0 aliphatic heterocycles. The van der Waals surface area contributed by atoms with E-state index < -0.39 is 11.7 Å². The van der Waals surface area contributed by atoms with Gasteiger partial charge in [0, 0.05) is 11.9 Å². The van der Waals surface area contributed by atoms with Gasteiger partial charge in [0.1, 0.15) is 5.82 Å². The minimum absolute atomic E-state index is 0.0139. The lowest BCUT2D eigenvalue weighted by atomic mass is 10.1. The predicted octanol–water partition coefficient (Wildman–Crippen LogP) is 5.41. The van der Waals surface area contributed by atoms with Gasteiger partial charge in [0.2, 0.25) is 5.95 Å². The molecular weight excluding hydrogens is 341 g/mol. The largest absolute Gasteiger partial charge is 0.416 e. The number of nitrogens with one attached hydrogen (secondary N) is 2. The standard InChI is InChI=1S/C19H17F3N4/c1-13(14-6-3-2-4-7-14)24-18-23-11-10-17(26-18)25-16-9-5-8-15(12-16)19(20,21)22/h2-13H,1H3,(H2,23,24,25,26). The molecule has 134 valence electrons. The van der Waals surface area contributed by atoms with E-state index in [1.807, 2.05) is 37.3 Å². The van der Waals surface area contributed by atoms with E-state index in [0.29, 0.717) is 17.5 Å². The first-order valence-corrected chi connectivity index (χ1v) is 8.00. The Morgan fingerprint density at radius 2 is 1.73 bits per heavy atom. The predicted molar refractivity (Wildman–Crippen MR) is 95.2 cm³/mol. The maximum absolute atomic E-state index is 12.8. The molecule has 0 bridgehead atoms. The van der Waals surface area contributed by atoms with Gasteiger partial charge in [-0.15, -0.1) is 0 Å². The topological polar surface area (TPSA) is 49.8 Å². The molecule has 1 aromatic heterocycles.